The van der Waals surface area contributed by atoms with Crippen molar-refractivity contribution >= 4 is 11.8 Å². The van der Waals surface area contributed by atoms with Crippen molar-refractivity contribution in [1.29, 1.82) is 0 Å². The number of nitrogens with zero attached hydrogens (tertiary/aromatic N) is 1. The standard InChI is InChI=1S/C12H16N2O2/c15-12(16)9-6-7-11(13-8-9)14-10-4-2-1-3-5-10/h6-8,10H,1-5H2,(H,13,14)(H,15,16). The monoisotopic (exact) mass is 220 g/mol. The summed E-state index contributed by atoms with van der Waals surface area (Å²) in [5.74, 6) is -0.159. The van der Waals surface area contributed by atoms with Gasteiger partial charge in [0.25, 0.3) is 0 Å². The fourth-order valence-corrected chi connectivity index (χ4v) is 2.06. The molecule has 86 valence electrons. The van der Waals surface area contributed by atoms with Gasteiger partial charge in [-0.3, -0.25) is 0 Å². The zero-order valence-electron chi connectivity index (χ0n) is 9.15. The first-order chi connectivity index (χ1) is 7.75. The molecule has 0 radical (unpaired) electrons. The van der Waals surface area contributed by atoms with E-state index in [1.54, 1.807) is 12.1 Å². The molecule has 0 unspecified atom stereocenters. The number of nitrogens with one attached hydrogen (secondary N) is 1. The van der Waals surface area contributed by atoms with Crippen molar-refractivity contribution in [2.75, 3.05) is 5.32 Å². The number of aromatic carboxylic acids is 1. The van der Waals surface area contributed by atoms with Gasteiger partial charge in [0.1, 0.15) is 5.82 Å². The molecule has 1 aliphatic rings. The summed E-state index contributed by atoms with van der Waals surface area (Å²) >= 11 is 0. The van der Waals surface area contributed by atoms with Gasteiger partial charge in [-0.25, -0.2) is 9.78 Å². The van der Waals surface area contributed by atoms with Crippen molar-refractivity contribution in [2.24, 2.45) is 0 Å². The summed E-state index contributed by atoms with van der Waals surface area (Å²) in [4.78, 5) is 14.7. The van der Waals surface area contributed by atoms with Crippen LogP contribution in [0.25, 0.3) is 0 Å². The number of carboxylic acids is 1. The van der Waals surface area contributed by atoms with Gasteiger partial charge in [-0.2, -0.15) is 0 Å². The first-order valence-electron chi connectivity index (χ1n) is 5.71. The lowest BCUT2D eigenvalue weighted by Gasteiger charge is -2.23. The van der Waals surface area contributed by atoms with Crippen LogP contribution in [0.5, 0.6) is 0 Å². The summed E-state index contributed by atoms with van der Waals surface area (Å²) in [5, 5.41) is 12.1. The average molecular weight is 220 g/mol. The molecule has 0 amide bonds. The van der Waals surface area contributed by atoms with E-state index in [1.165, 1.54) is 38.3 Å². The summed E-state index contributed by atoms with van der Waals surface area (Å²) < 4.78 is 0. The molecule has 1 fully saturated rings. The van der Waals surface area contributed by atoms with E-state index in [-0.39, 0.29) is 5.56 Å². The van der Waals surface area contributed by atoms with Crippen LogP contribution in [0.3, 0.4) is 0 Å². The van der Waals surface area contributed by atoms with Crippen molar-refractivity contribution in [2.45, 2.75) is 38.1 Å². The van der Waals surface area contributed by atoms with Gasteiger partial charge in [-0.05, 0) is 25.0 Å². The van der Waals surface area contributed by atoms with Gasteiger partial charge in [0.05, 0.1) is 5.56 Å². The third-order valence-corrected chi connectivity index (χ3v) is 2.97. The van der Waals surface area contributed by atoms with Crippen LogP contribution in [-0.4, -0.2) is 22.1 Å². The lowest BCUT2D eigenvalue weighted by Crippen LogP contribution is -2.22. The molecule has 4 heteroatoms. The van der Waals surface area contributed by atoms with Crippen LogP contribution < -0.4 is 5.32 Å². The summed E-state index contributed by atoms with van der Waals surface area (Å²) in [5.41, 5.74) is 0.231. The Morgan fingerprint density at radius 2 is 2.06 bits per heavy atom. The number of rotatable bonds is 3. The molecule has 0 aromatic carbocycles. The van der Waals surface area contributed by atoms with E-state index < -0.39 is 5.97 Å². The van der Waals surface area contributed by atoms with Crippen molar-refractivity contribution < 1.29 is 9.90 Å². The molecule has 4 nitrogen and oxygen atoms in total. The van der Waals surface area contributed by atoms with Crippen molar-refractivity contribution in [3.8, 4) is 0 Å². The van der Waals surface area contributed by atoms with E-state index in [9.17, 15) is 4.79 Å². The highest BCUT2D eigenvalue weighted by Gasteiger charge is 2.13. The smallest absolute Gasteiger partial charge is 0.337 e. The lowest BCUT2D eigenvalue weighted by molar-refractivity contribution is 0.0696. The average Bonchev–Trinajstić information content (AvgIpc) is 2.31. The Hall–Kier alpha value is -1.58. The quantitative estimate of drug-likeness (QED) is 0.821. The Morgan fingerprint density at radius 3 is 2.62 bits per heavy atom. The van der Waals surface area contributed by atoms with Crippen molar-refractivity contribution in [3.63, 3.8) is 0 Å². The van der Waals surface area contributed by atoms with E-state index in [0.717, 1.165) is 5.82 Å². The van der Waals surface area contributed by atoms with E-state index in [1.807, 2.05) is 0 Å². The maximum Gasteiger partial charge on any atom is 0.337 e. The van der Waals surface area contributed by atoms with Crippen LogP contribution in [-0.2, 0) is 0 Å². The van der Waals surface area contributed by atoms with Gasteiger partial charge in [-0.15, -0.1) is 0 Å². The molecule has 0 spiro atoms. The van der Waals surface area contributed by atoms with Gasteiger partial charge < -0.3 is 10.4 Å². The molecule has 0 bridgehead atoms. The Labute approximate surface area is 94.7 Å². The van der Waals surface area contributed by atoms with Gasteiger partial charge >= 0.3 is 5.97 Å². The first kappa shape index (κ1) is 10.9. The number of pyridine rings is 1. The summed E-state index contributed by atoms with van der Waals surface area (Å²) in [6, 6.07) is 3.82. The summed E-state index contributed by atoms with van der Waals surface area (Å²) in [6.45, 7) is 0. The zero-order valence-corrected chi connectivity index (χ0v) is 9.15. The van der Waals surface area contributed by atoms with E-state index in [0.29, 0.717) is 6.04 Å². The summed E-state index contributed by atoms with van der Waals surface area (Å²) in [6.07, 6.45) is 7.62. The minimum atomic E-state index is -0.934. The maximum absolute atomic E-state index is 10.6. The third-order valence-electron chi connectivity index (χ3n) is 2.97. The molecular weight excluding hydrogens is 204 g/mol. The Bertz CT molecular complexity index is 356. The molecule has 1 aromatic rings. The van der Waals surface area contributed by atoms with Crippen LogP contribution in [0.4, 0.5) is 5.82 Å². The molecule has 0 saturated heterocycles. The van der Waals surface area contributed by atoms with Crippen LogP contribution in [0.1, 0.15) is 42.5 Å². The number of aromatic nitrogens is 1. The van der Waals surface area contributed by atoms with Crippen LogP contribution in [0, 0.1) is 0 Å². The second kappa shape index (κ2) is 4.96. The molecule has 1 heterocycles. The lowest BCUT2D eigenvalue weighted by atomic mass is 9.95. The van der Waals surface area contributed by atoms with E-state index >= 15 is 0 Å². The summed E-state index contributed by atoms with van der Waals surface area (Å²) in [7, 11) is 0. The minimum absolute atomic E-state index is 0.231. The predicted molar refractivity (Wildman–Crippen MR) is 61.7 cm³/mol. The van der Waals surface area contributed by atoms with Gasteiger partial charge in [0, 0.05) is 12.2 Å². The Morgan fingerprint density at radius 1 is 1.31 bits per heavy atom. The molecule has 2 N–H and O–H groups in total. The second-order valence-corrected chi connectivity index (χ2v) is 4.22. The number of carbonyl (C=O) groups is 1. The number of anilines is 1. The SMILES string of the molecule is O=C(O)c1ccc(NC2CCCCC2)nc1. The molecular formula is C12H16N2O2. The van der Waals surface area contributed by atoms with Crippen molar-refractivity contribution in [1.82, 2.24) is 4.98 Å². The normalized spacial score (nSPS) is 17.0. The highest BCUT2D eigenvalue weighted by atomic mass is 16.4. The molecule has 1 aromatic heterocycles. The fraction of sp³-hybridized carbons (Fsp3) is 0.500. The molecule has 16 heavy (non-hydrogen) atoms. The Balaban J connectivity index is 1.96. The third kappa shape index (κ3) is 2.72. The van der Waals surface area contributed by atoms with Crippen molar-refractivity contribution in [3.05, 3.63) is 23.9 Å². The predicted octanol–water partition coefficient (Wildman–Crippen LogP) is 2.52. The van der Waals surface area contributed by atoms with Crippen LogP contribution in [0.2, 0.25) is 0 Å². The molecule has 2 rings (SSSR count). The topological polar surface area (TPSA) is 62.2 Å². The van der Waals surface area contributed by atoms with Gasteiger partial charge in [0.2, 0.25) is 0 Å². The van der Waals surface area contributed by atoms with Gasteiger partial charge in [0.15, 0.2) is 0 Å². The number of carboxylic acid groups (broad SMARTS) is 1. The van der Waals surface area contributed by atoms with Gasteiger partial charge in [-0.1, -0.05) is 19.3 Å². The highest BCUT2D eigenvalue weighted by molar-refractivity contribution is 5.87. The molecule has 1 aliphatic carbocycles. The Kier molecular flexibility index (Phi) is 3.39. The molecule has 1 saturated carbocycles. The number of hydrogen-bond acceptors (Lipinski definition) is 3. The zero-order chi connectivity index (χ0) is 11.4. The molecule has 0 aliphatic heterocycles. The van der Waals surface area contributed by atoms with Crippen LogP contribution in [0.15, 0.2) is 18.3 Å². The minimum Gasteiger partial charge on any atom is -0.478 e. The first-order valence-corrected chi connectivity index (χ1v) is 5.71. The largest absolute Gasteiger partial charge is 0.478 e. The second-order valence-electron chi connectivity index (χ2n) is 4.22. The number of hydrogen-bond donors (Lipinski definition) is 2. The molecule has 0 atom stereocenters. The van der Waals surface area contributed by atoms with E-state index in [4.69, 9.17) is 5.11 Å². The highest BCUT2D eigenvalue weighted by Crippen LogP contribution is 2.20. The maximum atomic E-state index is 10.6. The van der Waals surface area contributed by atoms with Crippen LogP contribution >= 0.6 is 0 Å². The van der Waals surface area contributed by atoms with E-state index in [2.05, 4.69) is 10.3 Å². The fourth-order valence-electron chi connectivity index (χ4n) is 2.06.